The third-order valence-electron chi connectivity index (χ3n) is 2.63. The number of hydrogen-bond acceptors (Lipinski definition) is 3. The largest absolute Gasteiger partial charge is 0.417 e. The number of halogens is 3. The Morgan fingerprint density at radius 1 is 1.00 bits per heavy atom. The minimum absolute atomic E-state index is 0.237. The zero-order valence-electron chi connectivity index (χ0n) is 9.94. The van der Waals surface area contributed by atoms with Crippen LogP contribution < -0.4 is 0 Å². The normalized spacial score (nSPS) is 10.7. The van der Waals surface area contributed by atoms with Crippen LogP contribution in [-0.2, 0) is 6.18 Å². The molecule has 3 nitrogen and oxygen atoms in total. The summed E-state index contributed by atoms with van der Waals surface area (Å²) >= 11 is 0. The Hall–Kier alpha value is -2.86. The topological polar surface area (TPSA) is 60.5 Å². The quantitative estimate of drug-likeness (QED) is 0.798. The number of benzene rings is 1. The van der Waals surface area contributed by atoms with Gasteiger partial charge in [-0.25, -0.2) is 0 Å². The van der Waals surface area contributed by atoms with E-state index in [0.717, 1.165) is 12.1 Å². The van der Waals surface area contributed by atoms with E-state index < -0.39 is 17.3 Å². The zero-order valence-corrected chi connectivity index (χ0v) is 9.94. The Bertz CT molecular complexity index is 719. The molecule has 0 saturated heterocycles. The highest BCUT2D eigenvalue weighted by molar-refractivity contribution is 5.63. The summed E-state index contributed by atoms with van der Waals surface area (Å²) in [5.74, 6) is 0. The molecule has 0 N–H and O–H groups in total. The molecule has 98 valence electrons. The molecule has 6 heteroatoms. The molecule has 1 aromatic carbocycles. The molecule has 0 aliphatic carbocycles. The molecule has 0 aliphatic heterocycles. The van der Waals surface area contributed by atoms with Gasteiger partial charge in [-0.3, -0.25) is 4.98 Å². The minimum Gasteiger partial charge on any atom is -0.255 e. The standard InChI is InChI=1S/C14H6F3N3/c15-14(16,17)12-5-10(2-3-11(12)7-19)13-4-1-9(6-18)8-20-13/h1-5,8H. The van der Waals surface area contributed by atoms with Crippen LogP contribution in [0.15, 0.2) is 36.5 Å². The van der Waals surface area contributed by atoms with Crippen molar-refractivity contribution in [3.63, 3.8) is 0 Å². The van der Waals surface area contributed by atoms with E-state index in [1.54, 1.807) is 0 Å². The number of alkyl halides is 3. The number of aromatic nitrogens is 1. The van der Waals surface area contributed by atoms with Crippen LogP contribution in [0.1, 0.15) is 16.7 Å². The number of nitriles is 2. The molecule has 0 saturated carbocycles. The maximum Gasteiger partial charge on any atom is 0.417 e. The van der Waals surface area contributed by atoms with Crippen LogP contribution in [0.4, 0.5) is 13.2 Å². The summed E-state index contributed by atoms with van der Waals surface area (Å²) in [5, 5.41) is 17.4. The smallest absolute Gasteiger partial charge is 0.255 e. The van der Waals surface area contributed by atoms with Gasteiger partial charge in [0, 0.05) is 11.8 Å². The van der Waals surface area contributed by atoms with Crippen LogP contribution in [0.5, 0.6) is 0 Å². The number of rotatable bonds is 1. The predicted octanol–water partition coefficient (Wildman–Crippen LogP) is 3.51. The molecule has 0 atom stereocenters. The molecule has 0 spiro atoms. The van der Waals surface area contributed by atoms with E-state index in [2.05, 4.69) is 4.98 Å². The third kappa shape index (κ3) is 2.60. The van der Waals surface area contributed by atoms with E-state index in [4.69, 9.17) is 10.5 Å². The van der Waals surface area contributed by atoms with Crippen LogP contribution in [0, 0.1) is 22.7 Å². The molecule has 0 unspecified atom stereocenters. The summed E-state index contributed by atoms with van der Waals surface area (Å²) in [6.07, 6.45) is -3.32. The maximum atomic E-state index is 12.8. The lowest BCUT2D eigenvalue weighted by Crippen LogP contribution is -2.08. The van der Waals surface area contributed by atoms with Crippen molar-refractivity contribution in [1.82, 2.24) is 4.98 Å². The molecular formula is C14H6F3N3. The number of hydrogen-bond donors (Lipinski definition) is 0. The Balaban J connectivity index is 2.54. The van der Waals surface area contributed by atoms with E-state index >= 15 is 0 Å². The van der Waals surface area contributed by atoms with E-state index in [-0.39, 0.29) is 5.56 Å². The third-order valence-corrected chi connectivity index (χ3v) is 2.63. The Morgan fingerprint density at radius 2 is 1.75 bits per heavy atom. The lowest BCUT2D eigenvalue weighted by atomic mass is 10.0. The summed E-state index contributed by atoms with van der Waals surface area (Å²) in [5.41, 5.74) is -0.572. The van der Waals surface area contributed by atoms with Gasteiger partial charge in [-0.2, -0.15) is 23.7 Å². The van der Waals surface area contributed by atoms with Gasteiger partial charge in [-0.15, -0.1) is 0 Å². The fourth-order valence-corrected chi connectivity index (χ4v) is 1.67. The molecule has 1 aromatic heterocycles. The van der Waals surface area contributed by atoms with Crippen LogP contribution in [0.25, 0.3) is 11.3 Å². The monoisotopic (exact) mass is 273 g/mol. The van der Waals surface area contributed by atoms with Gasteiger partial charge in [0.15, 0.2) is 0 Å². The summed E-state index contributed by atoms with van der Waals surface area (Å²) in [7, 11) is 0. The van der Waals surface area contributed by atoms with Crippen molar-refractivity contribution in [2.24, 2.45) is 0 Å². The molecule has 0 fully saturated rings. The molecule has 1 heterocycles. The molecular weight excluding hydrogens is 267 g/mol. The van der Waals surface area contributed by atoms with E-state index in [1.165, 1.54) is 30.5 Å². The number of pyridine rings is 1. The van der Waals surface area contributed by atoms with E-state index in [1.807, 2.05) is 6.07 Å². The summed E-state index contributed by atoms with van der Waals surface area (Å²) in [6.45, 7) is 0. The highest BCUT2D eigenvalue weighted by Gasteiger charge is 2.33. The first-order valence-corrected chi connectivity index (χ1v) is 5.43. The fourth-order valence-electron chi connectivity index (χ4n) is 1.67. The predicted molar refractivity (Wildman–Crippen MR) is 64.1 cm³/mol. The molecule has 0 bridgehead atoms. The molecule has 0 aliphatic rings. The SMILES string of the molecule is N#Cc1ccc(-c2ccc(C#N)c(C(F)(F)F)c2)nc1. The van der Waals surface area contributed by atoms with Crippen molar-refractivity contribution in [2.45, 2.75) is 6.18 Å². The fraction of sp³-hybridized carbons (Fsp3) is 0.0714. The number of nitrogens with zero attached hydrogens (tertiary/aromatic N) is 3. The van der Waals surface area contributed by atoms with Gasteiger partial charge in [0.05, 0.1) is 28.5 Å². The molecule has 20 heavy (non-hydrogen) atoms. The van der Waals surface area contributed by atoms with Gasteiger partial charge < -0.3 is 0 Å². The van der Waals surface area contributed by atoms with Crippen molar-refractivity contribution in [1.29, 1.82) is 10.5 Å². The van der Waals surface area contributed by atoms with Crippen molar-refractivity contribution in [2.75, 3.05) is 0 Å². The van der Waals surface area contributed by atoms with Crippen LogP contribution in [-0.4, -0.2) is 4.98 Å². The van der Waals surface area contributed by atoms with Gasteiger partial charge in [0.1, 0.15) is 6.07 Å². The van der Waals surface area contributed by atoms with Gasteiger partial charge in [-0.05, 0) is 24.3 Å². The molecule has 0 radical (unpaired) electrons. The van der Waals surface area contributed by atoms with Crippen molar-refractivity contribution in [3.05, 3.63) is 53.2 Å². The molecule has 2 rings (SSSR count). The first-order chi connectivity index (χ1) is 9.45. The lowest BCUT2D eigenvalue weighted by Gasteiger charge is -2.10. The summed E-state index contributed by atoms with van der Waals surface area (Å²) < 4.78 is 38.5. The van der Waals surface area contributed by atoms with Crippen LogP contribution in [0.2, 0.25) is 0 Å². The summed E-state index contributed by atoms with van der Waals surface area (Å²) in [6, 6.07) is 9.70. The lowest BCUT2D eigenvalue weighted by molar-refractivity contribution is -0.137. The average Bonchev–Trinajstić information content (AvgIpc) is 2.46. The maximum absolute atomic E-state index is 12.8. The highest BCUT2D eigenvalue weighted by Crippen LogP contribution is 2.34. The van der Waals surface area contributed by atoms with E-state index in [0.29, 0.717) is 11.3 Å². The first-order valence-electron chi connectivity index (χ1n) is 5.43. The van der Waals surface area contributed by atoms with Crippen LogP contribution >= 0.6 is 0 Å². The van der Waals surface area contributed by atoms with Crippen molar-refractivity contribution >= 4 is 0 Å². The Kier molecular flexibility index (Phi) is 3.41. The van der Waals surface area contributed by atoms with E-state index in [9.17, 15) is 13.2 Å². The molecule has 2 aromatic rings. The molecule has 0 amide bonds. The Morgan fingerprint density at radius 3 is 2.25 bits per heavy atom. The van der Waals surface area contributed by atoms with Gasteiger partial charge in [0.25, 0.3) is 0 Å². The average molecular weight is 273 g/mol. The van der Waals surface area contributed by atoms with Gasteiger partial charge in [0.2, 0.25) is 0 Å². The Labute approximate surface area is 112 Å². The van der Waals surface area contributed by atoms with Crippen LogP contribution in [0.3, 0.4) is 0 Å². The van der Waals surface area contributed by atoms with Gasteiger partial charge >= 0.3 is 6.18 Å². The minimum atomic E-state index is -4.60. The highest BCUT2D eigenvalue weighted by atomic mass is 19.4. The zero-order chi connectivity index (χ0) is 14.8. The van der Waals surface area contributed by atoms with Crippen molar-refractivity contribution in [3.8, 4) is 23.4 Å². The second-order valence-electron chi connectivity index (χ2n) is 3.91. The first kappa shape index (κ1) is 13.6. The second kappa shape index (κ2) is 5.02. The van der Waals surface area contributed by atoms with Crippen molar-refractivity contribution < 1.29 is 13.2 Å². The summed E-state index contributed by atoms with van der Waals surface area (Å²) in [4.78, 5) is 3.93. The van der Waals surface area contributed by atoms with Gasteiger partial charge in [-0.1, -0.05) is 6.07 Å². The second-order valence-corrected chi connectivity index (χ2v) is 3.91.